The van der Waals surface area contributed by atoms with Gasteiger partial charge in [-0.3, -0.25) is 0 Å². The molecule has 1 unspecified atom stereocenters. The Labute approximate surface area is 112 Å². The van der Waals surface area contributed by atoms with Crippen molar-refractivity contribution >= 4 is 10.2 Å². The molecular formula is C12H27N3O2S. The van der Waals surface area contributed by atoms with Crippen LogP contribution in [0.3, 0.4) is 0 Å². The van der Waals surface area contributed by atoms with Crippen molar-refractivity contribution in [3.05, 3.63) is 0 Å². The summed E-state index contributed by atoms with van der Waals surface area (Å²) in [5.41, 5.74) is 0. The van der Waals surface area contributed by atoms with Crippen LogP contribution in [0.5, 0.6) is 0 Å². The third kappa shape index (κ3) is 3.91. The van der Waals surface area contributed by atoms with Gasteiger partial charge in [0.05, 0.1) is 0 Å². The molecule has 1 fully saturated rings. The van der Waals surface area contributed by atoms with E-state index in [9.17, 15) is 8.42 Å². The van der Waals surface area contributed by atoms with E-state index in [1.165, 1.54) is 0 Å². The average Bonchev–Trinajstić information content (AvgIpc) is 2.78. The van der Waals surface area contributed by atoms with Crippen LogP contribution in [0, 0.1) is 5.92 Å². The predicted octanol–water partition coefficient (Wildman–Crippen LogP) is 0.895. The van der Waals surface area contributed by atoms with E-state index in [0.29, 0.717) is 32.1 Å². The molecule has 0 amide bonds. The maximum absolute atomic E-state index is 12.5. The number of nitrogens with one attached hydrogen (secondary N) is 1. The van der Waals surface area contributed by atoms with E-state index in [-0.39, 0.29) is 0 Å². The second kappa shape index (κ2) is 7.43. The third-order valence-corrected chi connectivity index (χ3v) is 5.34. The molecule has 0 spiro atoms. The van der Waals surface area contributed by atoms with Gasteiger partial charge in [0.15, 0.2) is 0 Å². The van der Waals surface area contributed by atoms with Gasteiger partial charge in [-0.1, -0.05) is 13.8 Å². The fourth-order valence-electron chi connectivity index (χ4n) is 2.47. The molecule has 1 aliphatic heterocycles. The molecule has 108 valence electrons. The van der Waals surface area contributed by atoms with Crippen molar-refractivity contribution < 1.29 is 8.42 Å². The molecule has 0 saturated carbocycles. The number of nitrogens with zero attached hydrogens (tertiary/aromatic N) is 2. The van der Waals surface area contributed by atoms with E-state index in [0.717, 1.165) is 25.8 Å². The minimum atomic E-state index is -3.24. The van der Waals surface area contributed by atoms with Crippen molar-refractivity contribution in [3.63, 3.8) is 0 Å². The first-order valence-electron chi connectivity index (χ1n) is 6.96. The molecule has 1 heterocycles. The maximum atomic E-state index is 12.5. The Morgan fingerprint density at radius 3 is 2.39 bits per heavy atom. The average molecular weight is 277 g/mol. The molecule has 5 nitrogen and oxygen atoms in total. The highest BCUT2D eigenvalue weighted by molar-refractivity contribution is 7.86. The Bertz CT molecular complexity index is 326. The Morgan fingerprint density at radius 1 is 1.28 bits per heavy atom. The maximum Gasteiger partial charge on any atom is 0.281 e. The van der Waals surface area contributed by atoms with Crippen molar-refractivity contribution in [3.8, 4) is 0 Å². The van der Waals surface area contributed by atoms with Crippen molar-refractivity contribution in [1.82, 2.24) is 13.9 Å². The number of rotatable bonds is 8. The number of hydrogen-bond donors (Lipinski definition) is 1. The van der Waals surface area contributed by atoms with Crippen LogP contribution in [0.4, 0.5) is 0 Å². The first-order chi connectivity index (χ1) is 8.56. The van der Waals surface area contributed by atoms with Crippen LogP contribution in [0.25, 0.3) is 0 Å². The summed E-state index contributed by atoms with van der Waals surface area (Å²) in [5, 5.41) is 3.13. The van der Waals surface area contributed by atoms with E-state index in [1.54, 1.807) is 8.61 Å². The number of hydrogen-bond acceptors (Lipinski definition) is 3. The van der Waals surface area contributed by atoms with Crippen molar-refractivity contribution in [2.45, 2.75) is 33.1 Å². The van der Waals surface area contributed by atoms with E-state index >= 15 is 0 Å². The van der Waals surface area contributed by atoms with E-state index in [4.69, 9.17) is 0 Å². The van der Waals surface area contributed by atoms with Crippen molar-refractivity contribution in [1.29, 1.82) is 0 Å². The SMILES string of the molecule is CCCN(CCC)S(=O)(=O)N1CCC(CNC)C1. The van der Waals surface area contributed by atoms with Crippen LogP contribution >= 0.6 is 0 Å². The van der Waals surface area contributed by atoms with Gasteiger partial charge in [-0.15, -0.1) is 0 Å². The fourth-order valence-corrected chi connectivity index (χ4v) is 4.36. The van der Waals surface area contributed by atoms with Gasteiger partial charge in [-0.05, 0) is 38.8 Å². The third-order valence-electron chi connectivity index (χ3n) is 3.34. The predicted molar refractivity (Wildman–Crippen MR) is 74.7 cm³/mol. The summed E-state index contributed by atoms with van der Waals surface area (Å²) in [5.74, 6) is 0.454. The van der Waals surface area contributed by atoms with Crippen LogP contribution in [0.2, 0.25) is 0 Å². The topological polar surface area (TPSA) is 52.7 Å². The monoisotopic (exact) mass is 277 g/mol. The lowest BCUT2D eigenvalue weighted by atomic mass is 10.1. The van der Waals surface area contributed by atoms with Crippen LogP contribution in [-0.2, 0) is 10.2 Å². The molecule has 1 N–H and O–H groups in total. The highest BCUT2D eigenvalue weighted by atomic mass is 32.2. The van der Waals surface area contributed by atoms with Crippen molar-refractivity contribution in [2.75, 3.05) is 39.8 Å². The van der Waals surface area contributed by atoms with Crippen LogP contribution in [0.1, 0.15) is 33.1 Å². The van der Waals surface area contributed by atoms with Gasteiger partial charge < -0.3 is 5.32 Å². The summed E-state index contributed by atoms with van der Waals surface area (Å²) in [6, 6.07) is 0. The van der Waals surface area contributed by atoms with E-state index in [2.05, 4.69) is 5.32 Å². The van der Waals surface area contributed by atoms with Gasteiger partial charge >= 0.3 is 0 Å². The highest BCUT2D eigenvalue weighted by Gasteiger charge is 2.34. The Balaban J connectivity index is 2.67. The lowest BCUT2D eigenvalue weighted by molar-refractivity contribution is 0.353. The minimum Gasteiger partial charge on any atom is -0.319 e. The lowest BCUT2D eigenvalue weighted by Crippen LogP contribution is -2.43. The standard InChI is InChI=1S/C12H27N3O2S/c1-4-7-14(8-5-2)18(16,17)15-9-6-12(11-15)10-13-3/h12-13H,4-11H2,1-3H3. The van der Waals surface area contributed by atoms with Crippen LogP contribution in [-0.4, -0.2) is 56.8 Å². The second-order valence-corrected chi connectivity index (χ2v) is 6.91. The lowest BCUT2D eigenvalue weighted by Gasteiger charge is -2.26. The molecule has 1 atom stereocenters. The molecule has 0 aromatic rings. The summed E-state index contributed by atoms with van der Waals surface area (Å²) >= 11 is 0. The summed E-state index contributed by atoms with van der Waals surface area (Å²) in [6.45, 7) is 7.52. The van der Waals surface area contributed by atoms with E-state index in [1.807, 2.05) is 20.9 Å². The molecular weight excluding hydrogens is 250 g/mol. The Hall–Kier alpha value is -0.170. The summed E-state index contributed by atoms with van der Waals surface area (Å²) in [7, 11) is -1.32. The van der Waals surface area contributed by atoms with Gasteiger partial charge in [-0.2, -0.15) is 17.0 Å². The molecule has 0 bridgehead atoms. The first-order valence-corrected chi connectivity index (χ1v) is 8.35. The first kappa shape index (κ1) is 15.9. The molecule has 0 aromatic heterocycles. The van der Waals surface area contributed by atoms with Crippen LogP contribution in [0.15, 0.2) is 0 Å². The molecule has 1 saturated heterocycles. The smallest absolute Gasteiger partial charge is 0.281 e. The second-order valence-electron chi connectivity index (χ2n) is 4.98. The molecule has 1 aliphatic rings. The normalized spacial score (nSPS) is 21.9. The largest absolute Gasteiger partial charge is 0.319 e. The zero-order valence-electron chi connectivity index (χ0n) is 11.9. The van der Waals surface area contributed by atoms with Gasteiger partial charge in [0.25, 0.3) is 10.2 Å². The zero-order valence-corrected chi connectivity index (χ0v) is 12.7. The molecule has 0 aliphatic carbocycles. The molecule has 1 rings (SSSR count). The summed E-state index contributed by atoms with van der Waals surface area (Å²) < 4.78 is 28.3. The molecule has 0 radical (unpaired) electrons. The van der Waals surface area contributed by atoms with Gasteiger partial charge in [0, 0.05) is 26.2 Å². The summed E-state index contributed by atoms with van der Waals surface area (Å²) in [6.07, 6.45) is 2.70. The molecule has 0 aromatic carbocycles. The minimum absolute atomic E-state index is 0.454. The van der Waals surface area contributed by atoms with Crippen LogP contribution < -0.4 is 5.32 Å². The van der Waals surface area contributed by atoms with E-state index < -0.39 is 10.2 Å². The quantitative estimate of drug-likeness (QED) is 0.717. The summed E-state index contributed by atoms with van der Waals surface area (Å²) in [4.78, 5) is 0. The Kier molecular flexibility index (Phi) is 6.55. The molecule has 18 heavy (non-hydrogen) atoms. The van der Waals surface area contributed by atoms with Crippen molar-refractivity contribution in [2.24, 2.45) is 5.92 Å². The molecule has 6 heteroatoms. The van der Waals surface area contributed by atoms with Gasteiger partial charge in [0.2, 0.25) is 0 Å². The zero-order chi connectivity index (χ0) is 13.6. The van der Waals surface area contributed by atoms with Gasteiger partial charge in [-0.25, -0.2) is 0 Å². The highest BCUT2D eigenvalue weighted by Crippen LogP contribution is 2.21. The van der Waals surface area contributed by atoms with Gasteiger partial charge in [0.1, 0.15) is 0 Å². The Morgan fingerprint density at radius 2 is 1.89 bits per heavy atom. The fraction of sp³-hybridized carbons (Fsp3) is 1.00.